The highest BCUT2D eigenvalue weighted by atomic mass is 32.7. The van der Waals surface area contributed by atoms with Gasteiger partial charge in [0.05, 0.1) is 6.61 Å². The fourth-order valence-corrected chi connectivity index (χ4v) is 7.07. The van der Waals surface area contributed by atoms with Gasteiger partial charge >= 0.3 is 0 Å². The summed E-state index contributed by atoms with van der Waals surface area (Å²) in [6.07, 6.45) is 38.9. The molecule has 0 amide bonds. The normalized spacial score (nSPS) is 12.4. The topological polar surface area (TPSA) is 29.5 Å². The van der Waals surface area contributed by atoms with Gasteiger partial charge in [0.15, 0.2) is 0 Å². The Bertz CT molecular complexity index is 349. The maximum Gasteiger partial charge on any atom is 0.235 e. The third-order valence-corrected chi connectivity index (χ3v) is 10.0. The summed E-state index contributed by atoms with van der Waals surface area (Å²) in [5.41, 5.74) is 0. The van der Waals surface area contributed by atoms with Crippen LogP contribution in [-0.4, -0.2) is 17.3 Å². The lowest BCUT2D eigenvalue weighted by atomic mass is 10.0. The maximum absolute atomic E-state index is 10.1. The quantitative estimate of drug-likeness (QED) is 0.0672. The van der Waals surface area contributed by atoms with Crippen molar-refractivity contribution in [3.05, 3.63) is 0 Å². The van der Waals surface area contributed by atoms with Gasteiger partial charge in [0.1, 0.15) is 0 Å². The molecule has 0 aliphatic heterocycles. The molecule has 0 radical (unpaired) electrons. The van der Waals surface area contributed by atoms with E-state index in [-0.39, 0.29) is 0 Å². The molecule has 36 heavy (non-hydrogen) atoms. The SMILES string of the molecule is CCCCCCCCCCCCCCCCOP(O)SCCCCCCCCCCCCCCCC. The molecule has 0 aliphatic carbocycles. The van der Waals surface area contributed by atoms with Crippen molar-refractivity contribution in [3.8, 4) is 0 Å². The molecule has 0 aromatic heterocycles. The third-order valence-electron chi connectivity index (χ3n) is 7.40. The molecule has 0 aromatic carbocycles. The van der Waals surface area contributed by atoms with Gasteiger partial charge in [-0.25, -0.2) is 0 Å². The van der Waals surface area contributed by atoms with Crippen molar-refractivity contribution in [2.24, 2.45) is 0 Å². The van der Waals surface area contributed by atoms with Crippen LogP contribution in [0.1, 0.15) is 194 Å². The molecule has 4 heteroatoms. The molecule has 0 rings (SSSR count). The Morgan fingerprint density at radius 1 is 0.417 bits per heavy atom. The van der Waals surface area contributed by atoms with Gasteiger partial charge in [-0.05, 0) is 12.8 Å². The van der Waals surface area contributed by atoms with Crippen LogP contribution < -0.4 is 0 Å². The minimum Gasteiger partial charge on any atom is -0.342 e. The standard InChI is InChI=1S/C32H67O2PS/c1-3-5-7-9-11-13-15-17-19-21-23-25-27-29-31-34-35(33)36-32-30-28-26-24-22-20-18-16-14-12-10-8-6-4-2/h33H,3-32H2,1-2H3. The van der Waals surface area contributed by atoms with E-state index in [0.29, 0.717) is 0 Å². The van der Waals surface area contributed by atoms with E-state index in [9.17, 15) is 4.89 Å². The minimum atomic E-state index is -1.25. The highest BCUT2D eigenvalue weighted by molar-refractivity contribution is 8.52. The van der Waals surface area contributed by atoms with Crippen molar-refractivity contribution in [1.82, 2.24) is 0 Å². The predicted octanol–water partition coefficient (Wildman–Crippen LogP) is 12.9. The second kappa shape index (κ2) is 33.7. The lowest BCUT2D eigenvalue weighted by molar-refractivity contribution is 0.309. The zero-order chi connectivity index (χ0) is 26.2. The Hall–Kier alpha value is 0.700. The van der Waals surface area contributed by atoms with Crippen molar-refractivity contribution >= 4 is 19.0 Å². The first-order valence-electron chi connectivity index (χ1n) is 16.6. The summed E-state index contributed by atoms with van der Waals surface area (Å²) in [6, 6.07) is 0. The van der Waals surface area contributed by atoms with Crippen LogP contribution in [0.3, 0.4) is 0 Å². The number of hydrogen-bond donors (Lipinski definition) is 1. The Morgan fingerprint density at radius 2 is 0.694 bits per heavy atom. The van der Waals surface area contributed by atoms with Crippen LogP contribution in [0.2, 0.25) is 0 Å². The van der Waals surface area contributed by atoms with Crippen LogP contribution in [0, 0.1) is 0 Å². The van der Waals surface area contributed by atoms with Crippen molar-refractivity contribution < 1.29 is 9.42 Å². The molecule has 2 nitrogen and oxygen atoms in total. The fraction of sp³-hybridized carbons (Fsp3) is 1.00. The van der Waals surface area contributed by atoms with Gasteiger partial charge < -0.3 is 9.42 Å². The van der Waals surface area contributed by atoms with Gasteiger partial charge in [0.25, 0.3) is 0 Å². The van der Waals surface area contributed by atoms with E-state index in [1.807, 2.05) is 0 Å². The van der Waals surface area contributed by atoms with E-state index in [1.54, 1.807) is 11.4 Å². The van der Waals surface area contributed by atoms with Crippen molar-refractivity contribution in [1.29, 1.82) is 0 Å². The minimum absolute atomic E-state index is 0.742. The van der Waals surface area contributed by atoms with Crippen LogP contribution in [-0.2, 0) is 4.52 Å². The zero-order valence-corrected chi connectivity index (χ0v) is 26.6. The van der Waals surface area contributed by atoms with Crippen LogP contribution in [0.5, 0.6) is 0 Å². The van der Waals surface area contributed by atoms with Gasteiger partial charge in [-0.2, -0.15) is 0 Å². The zero-order valence-electron chi connectivity index (χ0n) is 24.9. The highest BCUT2D eigenvalue weighted by Gasteiger charge is 2.05. The number of unbranched alkanes of at least 4 members (excludes halogenated alkanes) is 26. The van der Waals surface area contributed by atoms with Crippen LogP contribution in [0.25, 0.3) is 0 Å². The molecular formula is C32H67O2PS. The first kappa shape index (κ1) is 36.7. The van der Waals surface area contributed by atoms with Crippen LogP contribution in [0.15, 0.2) is 0 Å². The average Bonchev–Trinajstić information content (AvgIpc) is 2.88. The summed E-state index contributed by atoms with van der Waals surface area (Å²) < 4.78 is 5.65. The second-order valence-corrected chi connectivity index (χ2v) is 14.2. The maximum atomic E-state index is 10.1. The molecule has 0 spiro atoms. The molecule has 0 bridgehead atoms. The largest absolute Gasteiger partial charge is 0.342 e. The van der Waals surface area contributed by atoms with Gasteiger partial charge in [-0.1, -0.05) is 192 Å². The molecular weight excluding hydrogens is 479 g/mol. The van der Waals surface area contributed by atoms with E-state index >= 15 is 0 Å². The molecule has 1 unspecified atom stereocenters. The first-order chi connectivity index (χ1) is 17.8. The molecule has 1 atom stereocenters. The highest BCUT2D eigenvalue weighted by Crippen LogP contribution is 2.47. The van der Waals surface area contributed by atoms with Gasteiger partial charge in [0.2, 0.25) is 7.58 Å². The van der Waals surface area contributed by atoms with E-state index in [1.165, 1.54) is 173 Å². The van der Waals surface area contributed by atoms with Crippen LogP contribution in [0.4, 0.5) is 0 Å². The molecule has 1 N–H and O–H groups in total. The summed E-state index contributed by atoms with van der Waals surface area (Å²) in [6.45, 7) is 5.32. The summed E-state index contributed by atoms with van der Waals surface area (Å²) >= 11 is 1.65. The molecule has 0 fully saturated rings. The second-order valence-electron chi connectivity index (χ2n) is 11.1. The van der Waals surface area contributed by atoms with Gasteiger partial charge in [-0.3, -0.25) is 0 Å². The lowest BCUT2D eigenvalue weighted by Gasteiger charge is -2.10. The fourth-order valence-electron chi connectivity index (χ4n) is 4.92. The summed E-state index contributed by atoms with van der Waals surface area (Å²) in [5, 5.41) is 0. The smallest absolute Gasteiger partial charge is 0.235 e. The van der Waals surface area contributed by atoms with E-state index < -0.39 is 7.58 Å². The Balaban J connectivity index is 3.13. The van der Waals surface area contributed by atoms with Crippen molar-refractivity contribution in [2.45, 2.75) is 194 Å². The van der Waals surface area contributed by atoms with E-state index in [2.05, 4.69) is 13.8 Å². The Labute approximate surface area is 234 Å². The van der Waals surface area contributed by atoms with E-state index in [0.717, 1.165) is 18.8 Å². The molecule has 0 aliphatic rings. The summed E-state index contributed by atoms with van der Waals surface area (Å²) in [5.74, 6) is 1.05. The van der Waals surface area contributed by atoms with Crippen LogP contribution >= 0.6 is 19.0 Å². The monoisotopic (exact) mass is 546 g/mol. The Morgan fingerprint density at radius 3 is 1.03 bits per heavy atom. The van der Waals surface area contributed by atoms with E-state index in [4.69, 9.17) is 4.52 Å². The predicted molar refractivity (Wildman–Crippen MR) is 168 cm³/mol. The van der Waals surface area contributed by atoms with Crippen molar-refractivity contribution in [2.75, 3.05) is 12.4 Å². The number of rotatable bonds is 32. The number of hydrogen-bond acceptors (Lipinski definition) is 3. The van der Waals surface area contributed by atoms with Crippen molar-refractivity contribution in [3.63, 3.8) is 0 Å². The lowest BCUT2D eigenvalue weighted by Crippen LogP contribution is -1.90. The molecule has 0 heterocycles. The molecule has 0 saturated heterocycles. The Kier molecular flexibility index (Phi) is 34.4. The average molecular weight is 547 g/mol. The first-order valence-corrected chi connectivity index (χ1v) is 19.4. The molecule has 218 valence electrons. The molecule has 0 aromatic rings. The molecule has 0 saturated carbocycles. The van der Waals surface area contributed by atoms with Gasteiger partial charge in [-0.15, -0.1) is 0 Å². The summed E-state index contributed by atoms with van der Waals surface area (Å²) in [7, 11) is -1.25. The summed E-state index contributed by atoms with van der Waals surface area (Å²) in [4.78, 5) is 10.1. The van der Waals surface area contributed by atoms with Gasteiger partial charge in [0, 0.05) is 5.75 Å². The third kappa shape index (κ3) is 32.7.